The summed E-state index contributed by atoms with van der Waals surface area (Å²) in [6.45, 7) is 1.95. The summed E-state index contributed by atoms with van der Waals surface area (Å²) in [7, 11) is 0. The highest BCUT2D eigenvalue weighted by molar-refractivity contribution is 7.21. The van der Waals surface area contributed by atoms with Crippen LogP contribution in [0.3, 0.4) is 0 Å². The molecule has 5 aromatic rings. The van der Waals surface area contributed by atoms with Crippen molar-refractivity contribution in [1.82, 2.24) is 19.9 Å². The maximum absolute atomic E-state index is 12.8. The van der Waals surface area contributed by atoms with Crippen molar-refractivity contribution in [3.05, 3.63) is 78.2 Å². The minimum Gasteiger partial charge on any atom is -0.320 e. The van der Waals surface area contributed by atoms with Crippen LogP contribution in [-0.4, -0.2) is 25.8 Å². The summed E-state index contributed by atoms with van der Waals surface area (Å²) in [4.78, 5) is 31.4. The average Bonchev–Trinajstić information content (AvgIpc) is 3.19. The molecule has 0 aliphatic heterocycles. The minimum absolute atomic E-state index is 0.276. The molecular formula is C22H15N5OS. The molecule has 0 aliphatic carbocycles. The molecule has 5 rings (SSSR count). The molecule has 2 aromatic carbocycles. The molecule has 0 radical (unpaired) electrons. The van der Waals surface area contributed by atoms with E-state index in [9.17, 15) is 4.79 Å². The van der Waals surface area contributed by atoms with E-state index in [1.165, 1.54) is 17.5 Å². The van der Waals surface area contributed by atoms with Gasteiger partial charge in [-0.2, -0.15) is 0 Å². The Labute approximate surface area is 170 Å². The Bertz CT molecular complexity index is 1350. The van der Waals surface area contributed by atoms with Gasteiger partial charge in [0.25, 0.3) is 5.91 Å². The van der Waals surface area contributed by atoms with Crippen LogP contribution in [0, 0.1) is 6.92 Å². The van der Waals surface area contributed by atoms with Crippen LogP contribution in [0.1, 0.15) is 16.1 Å². The van der Waals surface area contributed by atoms with Gasteiger partial charge in [-0.15, -0.1) is 0 Å². The standard InChI is InChI=1S/C22H15N5OS/c1-13-8-9-14(21-27-17-7-4-10-23-22(17)29-21)11-18(13)26-20(28)19-12-24-15-5-2-3-6-16(15)25-19/h2-12H,1H3,(H,26,28). The lowest BCUT2D eigenvalue weighted by atomic mass is 10.1. The Morgan fingerprint density at radius 1 is 0.931 bits per heavy atom. The molecule has 3 aromatic heterocycles. The molecule has 0 aliphatic rings. The highest BCUT2D eigenvalue weighted by atomic mass is 32.1. The summed E-state index contributed by atoms with van der Waals surface area (Å²) < 4.78 is 0. The first-order chi connectivity index (χ1) is 14.2. The van der Waals surface area contributed by atoms with Gasteiger partial charge < -0.3 is 5.32 Å². The summed E-state index contributed by atoms with van der Waals surface area (Å²) in [5.41, 5.74) is 5.19. The van der Waals surface area contributed by atoms with Crippen LogP contribution in [0.5, 0.6) is 0 Å². The zero-order valence-electron chi connectivity index (χ0n) is 15.5. The maximum atomic E-state index is 12.8. The molecule has 3 heterocycles. The lowest BCUT2D eigenvalue weighted by Gasteiger charge is -2.10. The molecule has 0 fully saturated rings. The Morgan fingerprint density at radius 2 is 1.76 bits per heavy atom. The predicted octanol–water partition coefficient (Wildman–Crippen LogP) is 4.86. The van der Waals surface area contributed by atoms with Crippen LogP contribution in [0.2, 0.25) is 0 Å². The highest BCUT2D eigenvalue weighted by Crippen LogP contribution is 2.31. The number of aryl methyl sites for hydroxylation is 1. The van der Waals surface area contributed by atoms with Crippen molar-refractivity contribution in [3.63, 3.8) is 0 Å². The first-order valence-corrected chi connectivity index (χ1v) is 9.85. The number of para-hydroxylation sites is 2. The van der Waals surface area contributed by atoms with Gasteiger partial charge in [-0.1, -0.05) is 35.6 Å². The molecule has 29 heavy (non-hydrogen) atoms. The normalized spacial score (nSPS) is 11.1. The zero-order valence-corrected chi connectivity index (χ0v) is 16.3. The van der Waals surface area contributed by atoms with Crippen LogP contribution in [0.4, 0.5) is 5.69 Å². The minimum atomic E-state index is -0.297. The number of carbonyl (C=O) groups excluding carboxylic acids is 1. The lowest BCUT2D eigenvalue weighted by molar-refractivity contribution is 0.102. The molecule has 0 saturated carbocycles. The molecule has 7 heteroatoms. The van der Waals surface area contributed by atoms with Gasteiger partial charge in [-0.25, -0.2) is 15.0 Å². The summed E-state index contributed by atoms with van der Waals surface area (Å²) >= 11 is 1.52. The van der Waals surface area contributed by atoms with E-state index in [1.54, 1.807) is 6.20 Å². The average molecular weight is 397 g/mol. The molecular weight excluding hydrogens is 382 g/mol. The van der Waals surface area contributed by atoms with Crippen molar-refractivity contribution in [2.24, 2.45) is 0 Å². The smallest absolute Gasteiger partial charge is 0.275 e. The third-order valence-electron chi connectivity index (χ3n) is 4.58. The molecule has 0 spiro atoms. The van der Waals surface area contributed by atoms with E-state index in [0.29, 0.717) is 5.52 Å². The van der Waals surface area contributed by atoms with E-state index in [0.717, 1.165) is 37.7 Å². The molecule has 6 nitrogen and oxygen atoms in total. The number of thiazole rings is 1. The lowest BCUT2D eigenvalue weighted by Crippen LogP contribution is -2.15. The maximum Gasteiger partial charge on any atom is 0.275 e. The van der Waals surface area contributed by atoms with Crippen LogP contribution in [0.25, 0.3) is 32.0 Å². The second-order valence-corrected chi connectivity index (χ2v) is 7.55. The summed E-state index contributed by atoms with van der Waals surface area (Å²) in [6, 6.07) is 17.2. The summed E-state index contributed by atoms with van der Waals surface area (Å²) in [5.74, 6) is -0.297. The molecule has 0 unspecified atom stereocenters. The first-order valence-electron chi connectivity index (χ1n) is 9.03. The Balaban J connectivity index is 1.47. The molecule has 0 saturated heterocycles. The van der Waals surface area contributed by atoms with E-state index in [4.69, 9.17) is 0 Å². The highest BCUT2D eigenvalue weighted by Gasteiger charge is 2.13. The van der Waals surface area contributed by atoms with E-state index >= 15 is 0 Å². The van der Waals surface area contributed by atoms with Crippen molar-refractivity contribution in [2.45, 2.75) is 6.92 Å². The third-order valence-corrected chi connectivity index (χ3v) is 5.61. The fourth-order valence-electron chi connectivity index (χ4n) is 3.04. The summed E-state index contributed by atoms with van der Waals surface area (Å²) in [5, 5.41) is 3.82. The second-order valence-electron chi connectivity index (χ2n) is 6.57. The third kappa shape index (κ3) is 3.32. The Kier molecular flexibility index (Phi) is 4.22. The molecule has 1 N–H and O–H groups in total. The fraction of sp³-hybridized carbons (Fsp3) is 0.0455. The van der Waals surface area contributed by atoms with Gasteiger partial charge >= 0.3 is 0 Å². The molecule has 1 amide bonds. The fourth-order valence-corrected chi connectivity index (χ4v) is 3.94. The van der Waals surface area contributed by atoms with Gasteiger partial charge in [0.2, 0.25) is 0 Å². The molecule has 140 valence electrons. The van der Waals surface area contributed by atoms with Crippen LogP contribution < -0.4 is 5.32 Å². The van der Waals surface area contributed by atoms with Crippen molar-refractivity contribution < 1.29 is 4.79 Å². The number of anilines is 1. The second kappa shape index (κ2) is 7.03. The number of pyridine rings is 1. The van der Waals surface area contributed by atoms with Crippen molar-refractivity contribution in [2.75, 3.05) is 5.32 Å². The number of nitrogens with one attached hydrogen (secondary N) is 1. The van der Waals surface area contributed by atoms with Crippen molar-refractivity contribution >= 4 is 44.3 Å². The zero-order chi connectivity index (χ0) is 19.8. The number of fused-ring (bicyclic) bond motifs is 2. The van der Waals surface area contributed by atoms with Gasteiger partial charge in [0.15, 0.2) is 0 Å². The largest absolute Gasteiger partial charge is 0.320 e. The predicted molar refractivity (Wildman–Crippen MR) is 115 cm³/mol. The monoisotopic (exact) mass is 397 g/mol. The summed E-state index contributed by atoms with van der Waals surface area (Å²) in [6.07, 6.45) is 3.26. The van der Waals surface area contributed by atoms with Crippen molar-refractivity contribution in [3.8, 4) is 10.6 Å². The number of carbonyl (C=O) groups is 1. The number of nitrogens with zero attached hydrogens (tertiary/aromatic N) is 4. The molecule has 0 bridgehead atoms. The number of amides is 1. The first kappa shape index (κ1) is 17.4. The van der Waals surface area contributed by atoms with E-state index < -0.39 is 0 Å². The SMILES string of the molecule is Cc1ccc(-c2nc3cccnc3s2)cc1NC(=O)c1cnc2ccccc2n1. The van der Waals surface area contributed by atoms with Crippen molar-refractivity contribution in [1.29, 1.82) is 0 Å². The van der Waals surface area contributed by atoms with Crippen LogP contribution >= 0.6 is 11.3 Å². The van der Waals surface area contributed by atoms with E-state index in [1.807, 2.05) is 61.5 Å². The quantitative estimate of drug-likeness (QED) is 0.470. The van der Waals surface area contributed by atoms with E-state index in [-0.39, 0.29) is 11.6 Å². The van der Waals surface area contributed by atoms with Crippen LogP contribution in [-0.2, 0) is 0 Å². The van der Waals surface area contributed by atoms with Gasteiger partial charge in [0.05, 0.1) is 17.2 Å². The number of hydrogen-bond acceptors (Lipinski definition) is 6. The van der Waals surface area contributed by atoms with Gasteiger partial charge in [-0.05, 0) is 42.8 Å². The Morgan fingerprint density at radius 3 is 2.62 bits per heavy atom. The van der Waals surface area contributed by atoms with Gasteiger partial charge in [0.1, 0.15) is 21.0 Å². The Hall–Kier alpha value is -3.71. The van der Waals surface area contributed by atoms with Gasteiger partial charge in [-0.3, -0.25) is 9.78 Å². The molecule has 0 atom stereocenters. The van der Waals surface area contributed by atoms with Crippen LogP contribution in [0.15, 0.2) is 67.0 Å². The number of hydrogen-bond donors (Lipinski definition) is 1. The number of aromatic nitrogens is 4. The number of rotatable bonds is 3. The number of benzene rings is 2. The topological polar surface area (TPSA) is 80.7 Å². The van der Waals surface area contributed by atoms with Gasteiger partial charge in [0, 0.05) is 17.4 Å². The van der Waals surface area contributed by atoms with E-state index in [2.05, 4.69) is 25.3 Å².